The molecule has 0 saturated heterocycles. The molecular formula is C18H25F3NO5P. The first kappa shape index (κ1) is 22.7. The fraction of sp³-hybridized carbons (Fsp3) is 0.556. The van der Waals surface area contributed by atoms with Gasteiger partial charge in [0.2, 0.25) is 0 Å². The van der Waals surface area contributed by atoms with Crippen LogP contribution in [-0.2, 0) is 13.6 Å². The third-order valence-corrected chi connectivity index (χ3v) is 6.52. The van der Waals surface area contributed by atoms with Gasteiger partial charge in [-0.1, -0.05) is 0 Å². The highest BCUT2D eigenvalue weighted by molar-refractivity contribution is 7.58. The zero-order valence-electron chi connectivity index (χ0n) is 16.2. The summed E-state index contributed by atoms with van der Waals surface area (Å²) in [5.41, 5.74) is 0.877. The number of hydrogen-bond acceptors (Lipinski definition) is 6. The number of aliphatic hydroxyl groups is 1. The standard InChI is InChI=1S/C18H25F3NO5P/c1-5-22(6-2)14-10-9-13-11-16(28(24,25-7-3)26-8-4)17(23,18(19,20)21)27-15(13)12-14/h9-12,23H,5-8H2,1-4H3. The maximum Gasteiger partial charge on any atom is 0.460 e. The van der Waals surface area contributed by atoms with E-state index in [1.54, 1.807) is 12.1 Å². The molecule has 1 aromatic carbocycles. The van der Waals surface area contributed by atoms with Crippen LogP contribution in [0.2, 0.25) is 0 Å². The predicted molar refractivity (Wildman–Crippen MR) is 100 cm³/mol. The molecule has 0 bridgehead atoms. The zero-order chi connectivity index (χ0) is 21.2. The molecule has 1 atom stereocenters. The van der Waals surface area contributed by atoms with Gasteiger partial charge >= 0.3 is 19.6 Å². The quantitative estimate of drug-likeness (QED) is 0.607. The van der Waals surface area contributed by atoms with Crippen LogP contribution in [0.1, 0.15) is 33.3 Å². The number of rotatable bonds is 8. The third kappa shape index (κ3) is 4.08. The molecule has 0 radical (unpaired) electrons. The molecule has 0 spiro atoms. The lowest BCUT2D eigenvalue weighted by Gasteiger charge is -2.38. The molecular weight excluding hydrogens is 398 g/mol. The van der Waals surface area contributed by atoms with Crippen LogP contribution in [-0.4, -0.2) is 43.4 Å². The Morgan fingerprint density at radius 2 is 1.71 bits per heavy atom. The maximum atomic E-state index is 13.8. The Morgan fingerprint density at radius 1 is 1.14 bits per heavy atom. The van der Waals surface area contributed by atoms with E-state index in [1.807, 2.05) is 18.7 Å². The second-order valence-corrected chi connectivity index (χ2v) is 7.99. The van der Waals surface area contributed by atoms with Crippen LogP contribution < -0.4 is 9.64 Å². The second kappa shape index (κ2) is 8.45. The van der Waals surface area contributed by atoms with Gasteiger partial charge in [0.05, 0.1) is 13.2 Å². The molecule has 1 heterocycles. The summed E-state index contributed by atoms with van der Waals surface area (Å²) in [6.07, 6.45) is -4.30. The molecule has 0 amide bonds. The highest BCUT2D eigenvalue weighted by atomic mass is 31.2. The number of benzene rings is 1. The van der Waals surface area contributed by atoms with Gasteiger partial charge in [-0.3, -0.25) is 4.57 Å². The van der Waals surface area contributed by atoms with Crippen LogP contribution in [0.15, 0.2) is 23.5 Å². The summed E-state index contributed by atoms with van der Waals surface area (Å²) < 4.78 is 69.6. The van der Waals surface area contributed by atoms with Gasteiger partial charge in [-0.25, -0.2) is 0 Å². The molecule has 1 N–H and O–H groups in total. The fourth-order valence-electron chi connectivity index (χ4n) is 2.96. The Kier molecular flexibility index (Phi) is 6.86. The van der Waals surface area contributed by atoms with E-state index in [4.69, 9.17) is 13.8 Å². The SMILES string of the molecule is CCOP(=O)(OCC)C1=Cc2ccc(N(CC)CC)cc2OC1(O)C(F)(F)F. The predicted octanol–water partition coefficient (Wildman–Crippen LogP) is 4.78. The molecule has 158 valence electrons. The molecule has 0 fully saturated rings. The van der Waals surface area contributed by atoms with Crippen molar-refractivity contribution >= 4 is 19.4 Å². The molecule has 1 aliphatic heterocycles. The normalized spacial score (nSPS) is 19.6. The molecule has 0 aromatic heterocycles. The lowest BCUT2D eigenvalue weighted by molar-refractivity contribution is -0.314. The molecule has 1 aliphatic rings. The van der Waals surface area contributed by atoms with Crippen molar-refractivity contribution in [1.29, 1.82) is 0 Å². The van der Waals surface area contributed by atoms with Crippen molar-refractivity contribution in [2.24, 2.45) is 0 Å². The number of fused-ring (bicyclic) bond motifs is 1. The van der Waals surface area contributed by atoms with Gasteiger partial charge in [0, 0.05) is 30.4 Å². The van der Waals surface area contributed by atoms with Crippen LogP contribution in [0.5, 0.6) is 5.75 Å². The van der Waals surface area contributed by atoms with Gasteiger partial charge in [-0.15, -0.1) is 0 Å². The van der Waals surface area contributed by atoms with Crippen LogP contribution >= 0.6 is 7.60 Å². The number of hydrogen-bond donors (Lipinski definition) is 1. The van der Waals surface area contributed by atoms with Gasteiger partial charge in [0.25, 0.3) is 0 Å². The van der Waals surface area contributed by atoms with Crippen molar-refractivity contribution in [2.75, 3.05) is 31.2 Å². The summed E-state index contributed by atoms with van der Waals surface area (Å²) in [6.45, 7) is 7.70. The van der Waals surface area contributed by atoms with Crippen molar-refractivity contribution in [1.82, 2.24) is 0 Å². The summed E-state index contributed by atoms with van der Waals surface area (Å²) in [6, 6.07) is 4.67. The molecule has 6 nitrogen and oxygen atoms in total. The maximum absolute atomic E-state index is 13.8. The summed E-state index contributed by atoms with van der Waals surface area (Å²) in [5, 5.41) is 9.50. The molecule has 0 aliphatic carbocycles. The monoisotopic (exact) mass is 423 g/mol. The first-order valence-corrected chi connectivity index (χ1v) is 10.6. The van der Waals surface area contributed by atoms with Crippen molar-refractivity contribution in [3.63, 3.8) is 0 Å². The third-order valence-electron chi connectivity index (χ3n) is 4.30. The first-order chi connectivity index (χ1) is 13.1. The lowest BCUT2D eigenvalue weighted by Crippen LogP contribution is -2.53. The molecule has 1 unspecified atom stereocenters. The van der Waals surface area contributed by atoms with E-state index < -0.39 is 24.9 Å². The van der Waals surface area contributed by atoms with Crippen LogP contribution in [0.4, 0.5) is 18.9 Å². The van der Waals surface area contributed by atoms with Crippen molar-refractivity contribution in [3.05, 3.63) is 29.1 Å². The lowest BCUT2D eigenvalue weighted by atomic mass is 10.1. The van der Waals surface area contributed by atoms with Crippen molar-refractivity contribution < 1.29 is 36.6 Å². The number of alkyl halides is 3. The fourth-order valence-corrected chi connectivity index (χ4v) is 4.83. The Morgan fingerprint density at radius 3 is 2.18 bits per heavy atom. The molecule has 1 aromatic rings. The summed E-state index contributed by atoms with van der Waals surface area (Å²) in [5.74, 6) is -4.01. The number of halogens is 3. The van der Waals surface area contributed by atoms with E-state index in [-0.39, 0.29) is 24.5 Å². The number of anilines is 1. The average molecular weight is 423 g/mol. The number of nitrogens with zero attached hydrogens (tertiary/aromatic N) is 1. The summed E-state index contributed by atoms with van der Waals surface area (Å²) in [7, 11) is -4.46. The van der Waals surface area contributed by atoms with Gasteiger partial charge in [0.1, 0.15) is 11.1 Å². The van der Waals surface area contributed by atoms with Crippen LogP contribution in [0, 0.1) is 0 Å². The Bertz CT molecular complexity index is 769. The van der Waals surface area contributed by atoms with E-state index in [9.17, 15) is 22.8 Å². The molecule has 2 rings (SSSR count). The Labute approximate surface area is 162 Å². The van der Waals surface area contributed by atoms with E-state index in [1.165, 1.54) is 19.9 Å². The van der Waals surface area contributed by atoms with Crippen molar-refractivity contribution in [3.8, 4) is 5.75 Å². The Hall–Kier alpha value is -1.54. The smallest absolute Gasteiger partial charge is 0.449 e. The largest absolute Gasteiger partial charge is 0.460 e. The second-order valence-electron chi connectivity index (χ2n) is 6.00. The average Bonchev–Trinajstić information content (AvgIpc) is 2.61. The van der Waals surface area contributed by atoms with Gasteiger partial charge in [-0.2, -0.15) is 13.2 Å². The molecule has 28 heavy (non-hydrogen) atoms. The van der Waals surface area contributed by atoms with Gasteiger partial charge in [-0.05, 0) is 45.9 Å². The zero-order valence-corrected chi connectivity index (χ0v) is 17.1. The Balaban J connectivity index is 2.67. The minimum Gasteiger partial charge on any atom is -0.449 e. The van der Waals surface area contributed by atoms with Gasteiger partial charge in [0.15, 0.2) is 0 Å². The topological polar surface area (TPSA) is 68.2 Å². The van der Waals surface area contributed by atoms with E-state index >= 15 is 0 Å². The van der Waals surface area contributed by atoms with Gasteiger partial charge < -0.3 is 23.8 Å². The molecule has 0 saturated carbocycles. The van der Waals surface area contributed by atoms with E-state index in [0.717, 1.165) is 6.08 Å². The van der Waals surface area contributed by atoms with Crippen LogP contribution in [0.3, 0.4) is 0 Å². The minimum absolute atomic E-state index is 0.170. The first-order valence-electron chi connectivity index (χ1n) is 9.05. The van der Waals surface area contributed by atoms with E-state index in [0.29, 0.717) is 18.8 Å². The highest BCUT2D eigenvalue weighted by Crippen LogP contribution is 2.64. The van der Waals surface area contributed by atoms with Crippen LogP contribution in [0.25, 0.3) is 6.08 Å². The molecule has 10 heteroatoms. The summed E-state index contributed by atoms with van der Waals surface area (Å²) in [4.78, 5) is 1.92. The van der Waals surface area contributed by atoms with E-state index in [2.05, 4.69) is 0 Å². The number of ether oxygens (including phenoxy) is 1. The summed E-state index contributed by atoms with van der Waals surface area (Å²) >= 11 is 0. The highest BCUT2D eigenvalue weighted by Gasteiger charge is 2.65. The minimum atomic E-state index is -5.27. The van der Waals surface area contributed by atoms with Crippen molar-refractivity contribution in [2.45, 2.75) is 39.7 Å².